The standard InChI is InChI=1S/C21H25N3O4S2/c1-15-5-4-6-16(2)21(15)24(30(3,26)27)12-20(25)23-22-11-17-7-9-18(10-8-17)28-19-13-29-14-19/h4-11,19H,12-14H2,1-3H3,(H,23,25)/b22-11-. The predicted molar refractivity (Wildman–Crippen MR) is 122 cm³/mol. The monoisotopic (exact) mass is 447 g/mol. The van der Waals surface area contributed by atoms with Crippen LogP contribution in [0.2, 0.25) is 0 Å². The third-order valence-corrected chi connectivity index (χ3v) is 6.90. The highest BCUT2D eigenvalue weighted by atomic mass is 32.2. The average Bonchev–Trinajstić information content (AvgIpc) is 2.64. The van der Waals surface area contributed by atoms with Gasteiger partial charge in [0.1, 0.15) is 18.4 Å². The summed E-state index contributed by atoms with van der Waals surface area (Å²) in [6, 6.07) is 12.9. The maximum Gasteiger partial charge on any atom is 0.260 e. The lowest BCUT2D eigenvalue weighted by Gasteiger charge is -2.25. The van der Waals surface area contributed by atoms with E-state index in [1.807, 2.05) is 68.1 Å². The summed E-state index contributed by atoms with van der Waals surface area (Å²) >= 11 is 1.86. The zero-order valence-corrected chi connectivity index (χ0v) is 18.8. The summed E-state index contributed by atoms with van der Waals surface area (Å²) in [5, 5.41) is 3.94. The molecule has 0 aliphatic carbocycles. The molecule has 3 rings (SSSR count). The first-order valence-corrected chi connectivity index (χ1v) is 12.4. The quantitative estimate of drug-likeness (QED) is 0.497. The molecule has 0 unspecified atom stereocenters. The molecule has 1 N–H and O–H groups in total. The van der Waals surface area contributed by atoms with Gasteiger partial charge in [-0.3, -0.25) is 9.10 Å². The van der Waals surface area contributed by atoms with Crippen LogP contribution in [-0.4, -0.2) is 50.9 Å². The Kier molecular flexibility index (Phi) is 7.04. The molecule has 7 nitrogen and oxygen atoms in total. The van der Waals surface area contributed by atoms with Crippen molar-refractivity contribution in [2.45, 2.75) is 20.0 Å². The maximum absolute atomic E-state index is 12.3. The van der Waals surface area contributed by atoms with Crippen LogP contribution in [0.25, 0.3) is 0 Å². The first-order valence-electron chi connectivity index (χ1n) is 9.44. The molecule has 2 aromatic rings. The summed E-state index contributed by atoms with van der Waals surface area (Å²) < 4.78 is 31.5. The Balaban J connectivity index is 1.61. The minimum absolute atomic E-state index is 0.281. The Labute approximate surface area is 181 Å². The van der Waals surface area contributed by atoms with Crippen molar-refractivity contribution in [3.8, 4) is 5.75 Å². The fourth-order valence-corrected chi connectivity index (χ4v) is 4.55. The van der Waals surface area contributed by atoms with Gasteiger partial charge in [-0.25, -0.2) is 13.8 Å². The number of sulfonamides is 1. The second-order valence-corrected chi connectivity index (χ2v) is 10.1. The molecular formula is C21H25N3O4S2. The normalized spacial score (nSPS) is 14.4. The lowest BCUT2D eigenvalue weighted by Crippen LogP contribution is -2.39. The number of nitrogens with one attached hydrogen (secondary N) is 1. The Morgan fingerprint density at radius 2 is 1.83 bits per heavy atom. The molecule has 2 aromatic carbocycles. The maximum atomic E-state index is 12.3. The average molecular weight is 448 g/mol. The highest BCUT2D eigenvalue weighted by Crippen LogP contribution is 2.26. The van der Waals surface area contributed by atoms with Crippen molar-refractivity contribution in [2.75, 3.05) is 28.6 Å². The molecule has 1 fully saturated rings. The van der Waals surface area contributed by atoms with Crippen molar-refractivity contribution in [1.82, 2.24) is 5.43 Å². The van der Waals surface area contributed by atoms with E-state index in [-0.39, 0.29) is 12.6 Å². The number of thioether (sulfide) groups is 1. The number of amides is 1. The molecule has 1 aliphatic heterocycles. The second-order valence-electron chi connectivity index (χ2n) is 7.15. The van der Waals surface area contributed by atoms with Gasteiger partial charge in [0.2, 0.25) is 10.0 Å². The molecule has 1 aliphatic rings. The Morgan fingerprint density at radius 3 is 2.37 bits per heavy atom. The predicted octanol–water partition coefficient (Wildman–Crippen LogP) is 2.71. The van der Waals surface area contributed by atoms with Crippen molar-refractivity contribution in [3.63, 3.8) is 0 Å². The van der Waals surface area contributed by atoms with Crippen molar-refractivity contribution in [3.05, 3.63) is 59.2 Å². The number of ether oxygens (including phenoxy) is 1. The molecule has 0 bridgehead atoms. The molecule has 0 radical (unpaired) electrons. The summed E-state index contributed by atoms with van der Waals surface area (Å²) in [7, 11) is -3.64. The lowest BCUT2D eigenvalue weighted by atomic mass is 10.1. The first-order chi connectivity index (χ1) is 14.2. The molecule has 0 aromatic heterocycles. The van der Waals surface area contributed by atoms with Crippen LogP contribution in [0.1, 0.15) is 16.7 Å². The topological polar surface area (TPSA) is 88.1 Å². The lowest BCUT2D eigenvalue weighted by molar-refractivity contribution is -0.119. The highest BCUT2D eigenvalue weighted by Gasteiger charge is 2.23. The molecule has 1 amide bonds. The number of rotatable bonds is 8. The summed E-state index contributed by atoms with van der Waals surface area (Å²) in [6.45, 7) is 3.27. The summed E-state index contributed by atoms with van der Waals surface area (Å²) in [5.41, 5.74) is 5.26. The number of para-hydroxylation sites is 1. The van der Waals surface area contributed by atoms with Crippen molar-refractivity contribution < 1.29 is 17.9 Å². The van der Waals surface area contributed by atoms with Crippen molar-refractivity contribution in [1.29, 1.82) is 0 Å². The van der Waals surface area contributed by atoms with Gasteiger partial charge in [-0.05, 0) is 54.8 Å². The van der Waals surface area contributed by atoms with Crippen LogP contribution >= 0.6 is 11.8 Å². The number of carbonyl (C=O) groups excluding carboxylic acids is 1. The number of aryl methyl sites for hydroxylation is 2. The highest BCUT2D eigenvalue weighted by molar-refractivity contribution is 8.00. The summed E-state index contributed by atoms with van der Waals surface area (Å²) in [4.78, 5) is 12.3. The Morgan fingerprint density at radius 1 is 1.20 bits per heavy atom. The van der Waals surface area contributed by atoms with Crippen LogP contribution in [0.4, 0.5) is 5.69 Å². The number of hydrazone groups is 1. The van der Waals surface area contributed by atoms with Crippen LogP contribution in [0.3, 0.4) is 0 Å². The van der Waals surface area contributed by atoms with Crippen molar-refractivity contribution in [2.24, 2.45) is 5.10 Å². The zero-order valence-electron chi connectivity index (χ0n) is 17.2. The SMILES string of the molecule is Cc1cccc(C)c1N(CC(=O)N/N=C\c1ccc(OC2CSC2)cc1)S(C)(=O)=O. The number of carbonyl (C=O) groups is 1. The Hall–Kier alpha value is -2.52. The molecule has 9 heteroatoms. The van der Waals surface area contributed by atoms with Gasteiger partial charge < -0.3 is 4.74 Å². The van der Waals surface area contributed by atoms with Crippen LogP contribution < -0.4 is 14.5 Å². The van der Waals surface area contributed by atoms with Crippen molar-refractivity contribution >= 4 is 39.6 Å². The van der Waals surface area contributed by atoms with E-state index in [0.717, 1.165) is 44.5 Å². The van der Waals surface area contributed by atoms with Crippen LogP contribution in [0, 0.1) is 13.8 Å². The number of anilines is 1. The number of benzene rings is 2. The van der Waals surface area contributed by atoms with Gasteiger partial charge in [-0.1, -0.05) is 18.2 Å². The van der Waals surface area contributed by atoms with E-state index in [9.17, 15) is 13.2 Å². The number of nitrogens with zero attached hydrogens (tertiary/aromatic N) is 2. The van der Waals surface area contributed by atoms with Gasteiger partial charge in [0.25, 0.3) is 5.91 Å². The fraction of sp³-hybridized carbons (Fsp3) is 0.333. The van der Waals surface area contributed by atoms with E-state index in [1.54, 1.807) is 0 Å². The first kappa shape index (κ1) is 22.2. The molecule has 1 saturated heterocycles. The van der Waals surface area contributed by atoms with E-state index < -0.39 is 15.9 Å². The third-order valence-electron chi connectivity index (χ3n) is 4.57. The van der Waals surface area contributed by atoms with Crippen LogP contribution in [0.5, 0.6) is 5.75 Å². The molecule has 0 spiro atoms. The third kappa shape index (κ3) is 5.76. The van der Waals surface area contributed by atoms with E-state index in [0.29, 0.717) is 5.69 Å². The fourth-order valence-electron chi connectivity index (χ4n) is 3.01. The minimum Gasteiger partial charge on any atom is -0.489 e. The smallest absolute Gasteiger partial charge is 0.260 e. The van der Waals surface area contributed by atoms with Gasteiger partial charge in [-0.2, -0.15) is 16.9 Å². The van der Waals surface area contributed by atoms with Gasteiger partial charge in [0, 0.05) is 11.5 Å². The molecule has 30 heavy (non-hydrogen) atoms. The number of hydrogen-bond acceptors (Lipinski definition) is 6. The van der Waals surface area contributed by atoms with Gasteiger partial charge in [0.05, 0.1) is 18.2 Å². The molecular weight excluding hydrogens is 422 g/mol. The summed E-state index contributed by atoms with van der Waals surface area (Å²) in [6.07, 6.45) is 2.87. The second kappa shape index (κ2) is 9.53. The van der Waals surface area contributed by atoms with E-state index in [1.165, 1.54) is 6.21 Å². The van der Waals surface area contributed by atoms with Gasteiger partial charge >= 0.3 is 0 Å². The van der Waals surface area contributed by atoms with E-state index in [4.69, 9.17) is 4.74 Å². The minimum atomic E-state index is -3.64. The van der Waals surface area contributed by atoms with Gasteiger partial charge in [0.15, 0.2) is 0 Å². The molecule has 1 heterocycles. The van der Waals surface area contributed by atoms with Crippen LogP contribution in [-0.2, 0) is 14.8 Å². The van der Waals surface area contributed by atoms with E-state index in [2.05, 4.69) is 10.5 Å². The largest absolute Gasteiger partial charge is 0.489 e. The van der Waals surface area contributed by atoms with Gasteiger partial charge in [-0.15, -0.1) is 0 Å². The molecule has 0 atom stereocenters. The molecule has 0 saturated carbocycles. The summed E-state index contributed by atoms with van der Waals surface area (Å²) in [5.74, 6) is 2.31. The Bertz CT molecular complexity index is 1010. The zero-order chi connectivity index (χ0) is 21.7. The molecule has 160 valence electrons. The van der Waals surface area contributed by atoms with Crippen LogP contribution in [0.15, 0.2) is 47.6 Å². The van der Waals surface area contributed by atoms with E-state index >= 15 is 0 Å². The number of hydrogen-bond donors (Lipinski definition) is 1.